The number of phenolic OH excluding ortho intramolecular Hbond substituents is 2. The molecule has 1 aliphatic carbocycles. The van der Waals surface area contributed by atoms with Crippen molar-refractivity contribution in [1.82, 2.24) is 10.6 Å². The van der Waals surface area contributed by atoms with E-state index in [1.807, 2.05) is 0 Å². The van der Waals surface area contributed by atoms with Gasteiger partial charge in [0.15, 0.2) is 0 Å². The normalized spacial score (nSPS) is 12.4. The first-order valence-corrected chi connectivity index (χ1v) is 10.8. The molecule has 0 saturated carbocycles. The molecule has 0 heterocycles. The van der Waals surface area contributed by atoms with Crippen LogP contribution in [-0.2, 0) is 0 Å². The Morgan fingerprint density at radius 2 is 1.12 bits per heavy atom. The number of fused-ring (bicyclic) bond motifs is 2. The number of hydrogen-bond donors (Lipinski definition) is 7. The van der Waals surface area contributed by atoms with E-state index < -0.39 is 11.6 Å². The largest absolute Gasteiger partial charge is 0.507 e. The van der Waals surface area contributed by atoms with E-state index in [4.69, 9.17) is 5.11 Å². The molecule has 0 unspecified atom stereocenters. The number of aromatic hydroxyl groups is 2. The predicted molar refractivity (Wildman–Crippen MR) is 123 cm³/mol. The first kappa shape index (κ1) is 23.5. The third kappa shape index (κ3) is 4.85. The van der Waals surface area contributed by atoms with Gasteiger partial charge in [-0.05, 0) is 37.2 Å². The number of nitrogens with one attached hydrogen (secondary N) is 4. The van der Waals surface area contributed by atoms with Gasteiger partial charge in [-0.15, -0.1) is 0 Å². The molecular weight excluding hydrogens is 412 g/mol. The van der Waals surface area contributed by atoms with Crippen LogP contribution in [0.15, 0.2) is 24.3 Å². The highest BCUT2D eigenvalue weighted by Gasteiger charge is 2.37. The van der Waals surface area contributed by atoms with Gasteiger partial charge in [-0.2, -0.15) is 0 Å². The number of carbonyl (C=O) groups excluding carboxylic acids is 2. The van der Waals surface area contributed by atoms with E-state index in [9.17, 15) is 19.8 Å². The maximum Gasteiger partial charge on any atom is 0.200 e. The third-order valence-electron chi connectivity index (χ3n) is 5.22. The first-order chi connectivity index (χ1) is 15.5. The van der Waals surface area contributed by atoms with Crippen LogP contribution in [0.25, 0.3) is 0 Å². The van der Waals surface area contributed by atoms with E-state index in [1.54, 1.807) is 12.1 Å². The van der Waals surface area contributed by atoms with E-state index in [0.29, 0.717) is 44.1 Å². The fourth-order valence-electron chi connectivity index (χ4n) is 3.74. The summed E-state index contributed by atoms with van der Waals surface area (Å²) in [5.74, 6) is -1.74. The molecular formula is C23H30N4O5. The highest BCUT2D eigenvalue weighted by molar-refractivity contribution is 6.33. The molecule has 0 saturated heterocycles. The van der Waals surface area contributed by atoms with Crippen LogP contribution in [0.4, 0.5) is 11.4 Å². The van der Waals surface area contributed by atoms with Crippen molar-refractivity contribution in [2.45, 2.75) is 13.3 Å². The van der Waals surface area contributed by atoms with Crippen LogP contribution in [0, 0.1) is 0 Å². The number of anilines is 2. The lowest BCUT2D eigenvalue weighted by atomic mass is 9.81. The van der Waals surface area contributed by atoms with Crippen molar-refractivity contribution in [2.24, 2.45) is 0 Å². The van der Waals surface area contributed by atoms with E-state index in [0.717, 1.165) is 13.0 Å². The Labute approximate surface area is 186 Å². The number of phenols is 2. The number of benzene rings is 2. The maximum absolute atomic E-state index is 13.4. The molecule has 0 spiro atoms. The van der Waals surface area contributed by atoms with Crippen molar-refractivity contribution >= 4 is 22.9 Å². The third-order valence-corrected chi connectivity index (χ3v) is 5.22. The molecule has 3 rings (SSSR count). The fourth-order valence-corrected chi connectivity index (χ4v) is 3.74. The quantitative estimate of drug-likeness (QED) is 0.163. The molecule has 0 aromatic heterocycles. The lowest BCUT2D eigenvalue weighted by Crippen LogP contribution is -2.28. The number of aliphatic hydroxyl groups excluding tert-OH is 1. The van der Waals surface area contributed by atoms with Crippen molar-refractivity contribution < 1.29 is 24.9 Å². The highest BCUT2D eigenvalue weighted by Crippen LogP contribution is 2.42. The Balaban J connectivity index is 1.97. The second kappa shape index (κ2) is 10.9. The molecule has 0 fully saturated rings. The molecule has 0 amide bonds. The van der Waals surface area contributed by atoms with Gasteiger partial charge in [-0.3, -0.25) is 9.59 Å². The van der Waals surface area contributed by atoms with E-state index in [1.165, 1.54) is 12.1 Å². The molecule has 2 aromatic rings. The fraction of sp³-hybridized carbons (Fsp3) is 0.391. The summed E-state index contributed by atoms with van der Waals surface area (Å²) in [4.78, 5) is 26.8. The Hall–Kier alpha value is -3.14. The molecule has 9 heteroatoms. The summed E-state index contributed by atoms with van der Waals surface area (Å²) >= 11 is 0. The van der Waals surface area contributed by atoms with Crippen LogP contribution in [-0.4, -0.2) is 72.8 Å². The van der Waals surface area contributed by atoms with Gasteiger partial charge in [0.2, 0.25) is 11.6 Å². The van der Waals surface area contributed by atoms with Gasteiger partial charge < -0.3 is 36.6 Å². The Bertz CT molecular complexity index is 915. The van der Waals surface area contributed by atoms with Crippen molar-refractivity contribution in [2.75, 3.05) is 56.5 Å². The number of hydrogen-bond acceptors (Lipinski definition) is 9. The molecule has 32 heavy (non-hydrogen) atoms. The second-order valence-corrected chi connectivity index (χ2v) is 7.50. The summed E-state index contributed by atoms with van der Waals surface area (Å²) in [7, 11) is 0. The summed E-state index contributed by atoms with van der Waals surface area (Å²) in [5, 5.41) is 42.1. The van der Waals surface area contributed by atoms with Gasteiger partial charge in [0.25, 0.3) is 0 Å². The molecule has 0 bridgehead atoms. The van der Waals surface area contributed by atoms with Gasteiger partial charge >= 0.3 is 0 Å². The average Bonchev–Trinajstić information content (AvgIpc) is 2.78. The van der Waals surface area contributed by atoms with Crippen LogP contribution >= 0.6 is 0 Å². The van der Waals surface area contributed by atoms with E-state index >= 15 is 0 Å². The van der Waals surface area contributed by atoms with Crippen molar-refractivity contribution in [3.8, 4) is 11.5 Å². The molecule has 1 aliphatic rings. The average molecular weight is 443 g/mol. The lowest BCUT2D eigenvalue weighted by molar-refractivity contribution is 0.0975. The summed E-state index contributed by atoms with van der Waals surface area (Å²) in [6.45, 7) is 5.66. The molecule has 9 nitrogen and oxygen atoms in total. The highest BCUT2D eigenvalue weighted by atomic mass is 16.3. The first-order valence-electron chi connectivity index (χ1n) is 10.8. The van der Waals surface area contributed by atoms with Gasteiger partial charge in [0.05, 0.1) is 28.9 Å². The van der Waals surface area contributed by atoms with Crippen LogP contribution in [0.1, 0.15) is 45.2 Å². The Morgan fingerprint density at radius 3 is 1.56 bits per heavy atom. The maximum atomic E-state index is 13.4. The SMILES string of the molecule is CCCNCCNc1ccc(NCCNCCO)c2c1C(=O)c1c(O)ccc(O)c1C2=O. The standard InChI is InChI=1S/C23H30N4O5/c1-2-7-24-8-10-26-14-3-4-15(27-11-9-25-12-13-28)19-18(14)22(31)20-16(29)5-6-17(30)21(20)23(19)32/h3-6,24-30H,2,7-13H2,1H3. The number of ketones is 2. The predicted octanol–water partition coefficient (Wildman–Crippen LogP) is 1.28. The molecule has 7 N–H and O–H groups in total. The topological polar surface area (TPSA) is 143 Å². The summed E-state index contributed by atoms with van der Waals surface area (Å²) in [5.41, 5.74) is 0.924. The van der Waals surface area contributed by atoms with Gasteiger partial charge in [-0.25, -0.2) is 0 Å². The smallest absolute Gasteiger partial charge is 0.200 e. The Kier molecular flexibility index (Phi) is 8.04. The summed E-state index contributed by atoms with van der Waals surface area (Å²) in [6.07, 6.45) is 1.01. The Morgan fingerprint density at radius 1 is 0.656 bits per heavy atom. The second-order valence-electron chi connectivity index (χ2n) is 7.50. The monoisotopic (exact) mass is 442 g/mol. The number of aliphatic hydroxyl groups is 1. The molecule has 0 atom stereocenters. The molecule has 2 aromatic carbocycles. The van der Waals surface area contributed by atoms with Crippen molar-refractivity contribution in [3.63, 3.8) is 0 Å². The zero-order chi connectivity index (χ0) is 23.1. The van der Waals surface area contributed by atoms with Crippen LogP contribution in [0.3, 0.4) is 0 Å². The number of carbonyl (C=O) groups is 2. The van der Waals surface area contributed by atoms with Crippen molar-refractivity contribution in [1.29, 1.82) is 0 Å². The summed E-state index contributed by atoms with van der Waals surface area (Å²) < 4.78 is 0. The molecule has 0 radical (unpaired) electrons. The van der Waals surface area contributed by atoms with Gasteiger partial charge in [0, 0.05) is 44.1 Å². The van der Waals surface area contributed by atoms with Crippen LogP contribution in [0.2, 0.25) is 0 Å². The minimum atomic E-state index is -0.526. The number of rotatable bonds is 12. The van der Waals surface area contributed by atoms with E-state index in [-0.39, 0.29) is 40.4 Å². The lowest BCUT2D eigenvalue weighted by Gasteiger charge is -2.25. The minimum absolute atomic E-state index is 0.0232. The van der Waals surface area contributed by atoms with E-state index in [2.05, 4.69) is 28.2 Å². The van der Waals surface area contributed by atoms with Crippen LogP contribution < -0.4 is 21.3 Å². The molecule has 172 valence electrons. The zero-order valence-corrected chi connectivity index (χ0v) is 18.1. The van der Waals surface area contributed by atoms with Gasteiger partial charge in [-0.1, -0.05) is 6.92 Å². The van der Waals surface area contributed by atoms with Crippen molar-refractivity contribution in [3.05, 3.63) is 46.5 Å². The summed E-state index contributed by atoms with van der Waals surface area (Å²) in [6, 6.07) is 5.87. The zero-order valence-electron chi connectivity index (χ0n) is 18.1. The minimum Gasteiger partial charge on any atom is -0.507 e. The molecule has 0 aliphatic heterocycles. The van der Waals surface area contributed by atoms with Crippen LogP contribution in [0.5, 0.6) is 11.5 Å². The van der Waals surface area contributed by atoms with Gasteiger partial charge in [0.1, 0.15) is 11.5 Å².